The van der Waals surface area contributed by atoms with Crippen molar-refractivity contribution in [2.24, 2.45) is 11.7 Å². The molecule has 3 rings (SSSR count). The van der Waals surface area contributed by atoms with E-state index < -0.39 is 0 Å². The Bertz CT molecular complexity index is 642. The van der Waals surface area contributed by atoms with Gasteiger partial charge in [-0.15, -0.1) is 0 Å². The van der Waals surface area contributed by atoms with Crippen molar-refractivity contribution in [2.45, 2.75) is 12.8 Å². The molecular weight excluding hydrogens is 276 g/mol. The highest BCUT2D eigenvalue weighted by atomic mass is 32.1. The predicted octanol–water partition coefficient (Wildman–Crippen LogP) is 2.38. The second-order valence-corrected chi connectivity index (χ2v) is 6.10. The van der Waals surface area contributed by atoms with Crippen molar-refractivity contribution in [1.82, 2.24) is 4.98 Å². The first-order chi connectivity index (χ1) is 9.67. The fourth-order valence-electron chi connectivity index (χ4n) is 2.58. The summed E-state index contributed by atoms with van der Waals surface area (Å²) >= 11 is 1.59. The van der Waals surface area contributed by atoms with Gasteiger partial charge in [0.15, 0.2) is 5.13 Å². The zero-order valence-electron chi connectivity index (χ0n) is 11.0. The number of thiazole rings is 1. The van der Waals surface area contributed by atoms with E-state index in [-0.39, 0.29) is 10.6 Å². The van der Waals surface area contributed by atoms with Crippen LogP contribution in [0.5, 0.6) is 0 Å². The van der Waals surface area contributed by atoms with Crippen LogP contribution in [0.2, 0.25) is 0 Å². The maximum Gasteiger partial charge on any atom is 0.271 e. The fraction of sp³-hybridized carbons (Fsp3) is 0.462. The molecule has 7 heteroatoms. The summed E-state index contributed by atoms with van der Waals surface area (Å²) in [5.41, 5.74) is 6.55. The van der Waals surface area contributed by atoms with Crippen molar-refractivity contribution < 1.29 is 4.92 Å². The molecule has 1 aliphatic heterocycles. The Labute approximate surface area is 120 Å². The number of piperidine rings is 1. The van der Waals surface area contributed by atoms with Gasteiger partial charge in [-0.2, -0.15) is 0 Å². The van der Waals surface area contributed by atoms with Crippen molar-refractivity contribution in [3.63, 3.8) is 0 Å². The minimum atomic E-state index is -0.385. The maximum absolute atomic E-state index is 10.8. The summed E-state index contributed by atoms with van der Waals surface area (Å²) in [5, 5.41) is 11.7. The molecule has 1 atom stereocenters. The Morgan fingerprint density at radius 1 is 1.55 bits per heavy atom. The fourth-order valence-corrected chi connectivity index (χ4v) is 3.56. The van der Waals surface area contributed by atoms with E-state index >= 15 is 0 Å². The predicted molar refractivity (Wildman–Crippen MR) is 80.3 cm³/mol. The molecular formula is C13H16N4O2S. The van der Waals surface area contributed by atoms with Crippen molar-refractivity contribution in [3.8, 4) is 0 Å². The van der Waals surface area contributed by atoms with Crippen LogP contribution in [0.15, 0.2) is 18.2 Å². The Hall–Kier alpha value is -1.73. The molecule has 0 unspecified atom stereocenters. The van der Waals surface area contributed by atoms with Gasteiger partial charge in [0.25, 0.3) is 5.69 Å². The molecule has 0 bridgehead atoms. The van der Waals surface area contributed by atoms with E-state index in [1.54, 1.807) is 23.5 Å². The number of hydrogen-bond acceptors (Lipinski definition) is 6. The van der Waals surface area contributed by atoms with E-state index in [0.717, 1.165) is 29.3 Å². The first-order valence-electron chi connectivity index (χ1n) is 6.67. The molecule has 1 aromatic carbocycles. The van der Waals surface area contributed by atoms with E-state index in [0.29, 0.717) is 18.0 Å². The van der Waals surface area contributed by atoms with Crippen LogP contribution >= 0.6 is 11.3 Å². The smallest absolute Gasteiger partial charge is 0.271 e. The number of aromatic nitrogens is 1. The summed E-state index contributed by atoms with van der Waals surface area (Å²) in [6, 6.07) is 4.85. The number of hydrogen-bond donors (Lipinski definition) is 1. The van der Waals surface area contributed by atoms with Gasteiger partial charge in [0.05, 0.1) is 15.1 Å². The third kappa shape index (κ3) is 2.46. The molecule has 0 spiro atoms. The maximum atomic E-state index is 10.8. The lowest BCUT2D eigenvalue weighted by atomic mass is 9.99. The lowest BCUT2D eigenvalue weighted by Gasteiger charge is -2.31. The van der Waals surface area contributed by atoms with Crippen LogP contribution in [0.25, 0.3) is 10.2 Å². The van der Waals surface area contributed by atoms with Crippen molar-refractivity contribution in [1.29, 1.82) is 0 Å². The van der Waals surface area contributed by atoms with E-state index in [2.05, 4.69) is 9.88 Å². The highest BCUT2D eigenvalue weighted by Crippen LogP contribution is 2.33. The standard InChI is InChI=1S/C13H16N4O2S/c14-7-9-2-1-5-16(8-9)13-15-11-6-10(17(18)19)3-4-12(11)20-13/h3-4,6,9H,1-2,5,7-8,14H2/t9-/m1/s1. The molecule has 1 saturated heterocycles. The van der Waals surface area contributed by atoms with Gasteiger partial charge in [-0.3, -0.25) is 10.1 Å². The Kier molecular flexibility index (Phi) is 3.54. The van der Waals surface area contributed by atoms with Crippen LogP contribution in [-0.2, 0) is 0 Å². The molecule has 6 nitrogen and oxygen atoms in total. The average Bonchev–Trinajstić information content (AvgIpc) is 2.90. The van der Waals surface area contributed by atoms with E-state index in [1.807, 2.05) is 0 Å². The van der Waals surface area contributed by atoms with E-state index in [9.17, 15) is 10.1 Å². The molecule has 1 aliphatic rings. The third-order valence-electron chi connectivity index (χ3n) is 3.69. The summed E-state index contributed by atoms with van der Waals surface area (Å²) in [7, 11) is 0. The van der Waals surface area contributed by atoms with Crippen LogP contribution in [-0.4, -0.2) is 29.5 Å². The van der Waals surface area contributed by atoms with E-state index in [4.69, 9.17) is 5.73 Å². The number of non-ortho nitro benzene ring substituents is 1. The summed E-state index contributed by atoms with van der Waals surface area (Å²) in [5.74, 6) is 0.519. The van der Waals surface area contributed by atoms with Gasteiger partial charge in [0, 0.05) is 25.2 Å². The van der Waals surface area contributed by atoms with Crippen molar-refractivity contribution >= 4 is 32.4 Å². The molecule has 0 aliphatic carbocycles. The number of benzene rings is 1. The van der Waals surface area contributed by atoms with Gasteiger partial charge in [-0.25, -0.2) is 4.98 Å². The molecule has 0 amide bonds. The zero-order chi connectivity index (χ0) is 14.1. The summed E-state index contributed by atoms with van der Waals surface area (Å²) in [6.07, 6.45) is 2.29. The summed E-state index contributed by atoms with van der Waals surface area (Å²) < 4.78 is 0.987. The number of nitro groups is 1. The van der Waals surface area contributed by atoms with Gasteiger partial charge >= 0.3 is 0 Å². The first-order valence-corrected chi connectivity index (χ1v) is 7.49. The third-order valence-corrected chi connectivity index (χ3v) is 4.79. The molecule has 2 N–H and O–H groups in total. The van der Waals surface area contributed by atoms with Gasteiger partial charge in [0.2, 0.25) is 0 Å². The normalized spacial score (nSPS) is 19.4. The molecule has 0 radical (unpaired) electrons. The Balaban J connectivity index is 1.90. The minimum Gasteiger partial charge on any atom is -0.348 e. The highest BCUT2D eigenvalue weighted by Gasteiger charge is 2.21. The monoisotopic (exact) mass is 292 g/mol. The SMILES string of the molecule is NC[C@H]1CCCN(c2nc3cc([N+](=O)[O-])ccc3s2)C1. The largest absolute Gasteiger partial charge is 0.348 e. The van der Waals surface area contributed by atoms with Crippen LogP contribution < -0.4 is 10.6 Å². The van der Waals surface area contributed by atoms with Crippen LogP contribution in [0.1, 0.15) is 12.8 Å². The number of rotatable bonds is 3. The summed E-state index contributed by atoms with van der Waals surface area (Å²) in [4.78, 5) is 17.2. The topological polar surface area (TPSA) is 85.3 Å². The minimum absolute atomic E-state index is 0.0906. The first kappa shape index (κ1) is 13.3. The van der Waals surface area contributed by atoms with Crippen molar-refractivity contribution in [2.75, 3.05) is 24.5 Å². The average molecular weight is 292 g/mol. The highest BCUT2D eigenvalue weighted by molar-refractivity contribution is 7.22. The number of anilines is 1. The van der Waals surface area contributed by atoms with Gasteiger partial charge in [0.1, 0.15) is 0 Å². The van der Waals surface area contributed by atoms with Gasteiger partial charge < -0.3 is 10.6 Å². The quantitative estimate of drug-likeness (QED) is 0.693. The number of fused-ring (bicyclic) bond motifs is 1. The number of nitrogens with two attached hydrogens (primary N) is 1. The number of nitro benzene ring substituents is 1. The molecule has 106 valence electrons. The van der Waals surface area contributed by atoms with Crippen LogP contribution in [0, 0.1) is 16.0 Å². The molecule has 0 saturated carbocycles. The van der Waals surface area contributed by atoms with Crippen molar-refractivity contribution in [3.05, 3.63) is 28.3 Å². The molecule has 1 fully saturated rings. The lowest BCUT2D eigenvalue weighted by Crippen LogP contribution is -2.38. The van der Waals surface area contributed by atoms with Gasteiger partial charge in [-0.05, 0) is 31.4 Å². The number of nitrogens with zero attached hydrogens (tertiary/aromatic N) is 3. The Morgan fingerprint density at radius 2 is 2.40 bits per heavy atom. The van der Waals surface area contributed by atoms with Crippen LogP contribution in [0.4, 0.5) is 10.8 Å². The lowest BCUT2D eigenvalue weighted by molar-refractivity contribution is -0.384. The van der Waals surface area contributed by atoms with Crippen LogP contribution in [0.3, 0.4) is 0 Å². The Morgan fingerprint density at radius 3 is 3.15 bits per heavy atom. The zero-order valence-corrected chi connectivity index (χ0v) is 11.8. The molecule has 2 aromatic rings. The van der Waals surface area contributed by atoms with E-state index in [1.165, 1.54) is 12.5 Å². The molecule has 2 heterocycles. The second-order valence-electron chi connectivity index (χ2n) is 5.10. The molecule has 1 aromatic heterocycles. The van der Waals surface area contributed by atoms with Gasteiger partial charge in [-0.1, -0.05) is 11.3 Å². The second kappa shape index (κ2) is 5.34. The summed E-state index contributed by atoms with van der Waals surface area (Å²) in [6.45, 7) is 2.61. The molecule has 20 heavy (non-hydrogen) atoms.